The second-order valence-corrected chi connectivity index (χ2v) is 5.83. The average molecular weight is 343 g/mol. The molecule has 0 aromatic rings. The summed E-state index contributed by atoms with van der Waals surface area (Å²) >= 11 is 0. The van der Waals surface area contributed by atoms with Crippen LogP contribution in [0.1, 0.15) is 34.6 Å². The summed E-state index contributed by atoms with van der Waals surface area (Å²) in [5.41, 5.74) is 0. The molecule has 0 aromatic carbocycles. The third-order valence-electron chi connectivity index (χ3n) is 3.27. The number of esters is 3. The molecular formula is C15H21NO8. The van der Waals surface area contributed by atoms with Gasteiger partial charge in [0.25, 0.3) is 0 Å². The summed E-state index contributed by atoms with van der Waals surface area (Å²) < 4.78 is 26.9. The van der Waals surface area contributed by atoms with Gasteiger partial charge in [-0.1, -0.05) is 0 Å². The molecule has 0 N–H and O–H groups in total. The molecule has 2 aliphatic rings. The molecule has 9 nitrogen and oxygen atoms in total. The van der Waals surface area contributed by atoms with Crippen LogP contribution in [-0.2, 0) is 38.1 Å². The number of hydrogen-bond acceptors (Lipinski definition) is 9. The van der Waals surface area contributed by atoms with Crippen LogP contribution in [0, 0.1) is 0 Å². The fraction of sp³-hybridized carbons (Fsp3) is 0.733. The number of carbonyl (C=O) groups is 3. The van der Waals surface area contributed by atoms with E-state index in [4.69, 9.17) is 23.7 Å². The van der Waals surface area contributed by atoms with Gasteiger partial charge < -0.3 is 23.7 Å². The van der Waals surface area contributed by atoms with Crippen LogP contribution in [0.3, 0.4) is 0 Å². The summed E-state index contributed by atoms with van der Waals surface area (Å²) in [6.07, 6.45) is -5.00. The van der Waals surface area contributed by atoms with Gasteiger partial charge in [0.2, 0.25) is 18.3 Å². The Hall–Kier alpha value is -2.16. The van der Waals surface area contributed by atoms with Gasteiger partial charge in [-0.05, 0) is 13.8 Å². The molecule has 2 fully saturated rings. The largest absolute Gasteiger partial charge is 0.455 e. The predicted octanol–water partition coefficient (Wildman–Crippen LogP) is 0.343. The average Bonchev–Trinajstić information content (AvgIpc) is 2.77. The lowest BCUT2D eigenvalue weighted by molar-refractivity contribution is -0.250. The minimum absolute atomic E-state index is 0.0970. The quantitative estimate of drug-likeness (QED) is 0.531. The van der Waals surface area contributed by atoms with Crippen LogP contribution in [0.2, 0.25) is 0 Å². The lowest BCUT2D eigenvalue weighted by Crippen LogP contribution is -2.58. The van der Waals surface area contributed by atoms with Gasteiger partial charge in [0.1, 0.15) is 0 Å². The van der Waals surface area contributed by atoms with Crippen LogP contribution in [0.15, 0.2) is 4.99 Å². The fourth-order valence-electron chi connectivity index (χ4n) is 2.61. The fourth-order valence-corrected chi connectivity index (χ4v) is 2.61. The van der Waals surface area contributed by atoms with E-state index in [9.17, 15) is 14.4 Å². The van der Waals surface area contributed by atoms with Gasteiger partial charge >= 0.3 is 17.9 Å². The molecule has 134 valence electrons. The van der Waals surface area contributed by atoms with Crippen molar-refractivity contribution in [3.63, 3.8) is 0 Å². The molecule has 0 spiro atoms. The molecule has 24 heavy (non-hydrogen) atoms. The lowest BCUT2D eigenvalue weighted by atomic mass is 9.99. The minimum atomic E-state index is -1.08. The molecule has 0 saturated carbocycles. The van der Waals surface area contributed by atoms with Crippen molar-refractivity contribution in [3.8, 4) is 0 Å². The SMILES string of the molecule is CC(=O)O[C@@H]1[C@@H](OC(C)=O)[C@@H]2OC(=NC(C)C)[C@@H](O2)[C@H]1OC(C)=O. The van der Waals surface area contributed by atoms with Crippen molar-refractivity contribution in [1.82, 2.24) is 0 Å². The van der Waals surface area contributed by atoms with E-state index in [-0.39, 0.29) is 11.9 Å². The number of rotatable bonds is 4. The van der Waals surface area contributed by atoms with E-state index in [1.165, 1.54) is 20.8 Å². The van der Waals surface area contributed by atoms with Crippen molar-refractivity contribution in [2.45, 2.75) is 71.4 Å². The Bertz CT molecular complexity index is 558. The van der Waals surface area contributed by atoms with Crippen LogP contribution in [0.25, 0.3) is 0 Å². The molecule has 5 atom stereocenters. The molecule has 0 amide bonds. The number of aliphatic imine (C=N–C) groups is 1. The third-order valence-corrected chi connectivity index (χ3v) is 3.27. The minimum Gasteiger partial charge on any atom is -0.455 e. The van der Waals surface area contributed by atoms with Crippen LogP contribution >= 0.6 is 0 Å². The van der Waals surface area contributed by atoms with Crippen molar-refractivity contribution in [2.24, 2.45) is 4.99 Å². The highest BCUT2D eigenvalue weighted by molar-refractivity contribution is 5.84. The highest BCUT2D eigenvalue weighted by atomic mass is 16.8. The zero-order valence-electron chi connectivity index (χ0n) is 14.2. The molecule has 0 radical (unpaired) electrons. The first-order chi connectivity index (χ1) is 11.2. The Morgan fingerprint density at radius 3 is 1.92 bits per heavy atom. The lowest BCUT2D eigenvalue weighted by Gasteiger charge is -2.37. The molecular weight excluding hydrogens is 322 g/mol. The Morgan fingerprint density at radius 1 is 0.917 bits per heavy atom. The molecule has 0 aliphatic carbocycles. The number of carbonyl (C=O) groups excluding carboxylic acids is 3. The smallest absolute Gasteiger partial charge is 0.303 e. The maximum atomic E-state index is 11.5. The Kier molecular flexibility index (Phi) is 5.43. The van der Waals surface area contributed by atoms with E-state index < -0.39 is 48.6 Å². The summed E-state index contributed by atoms with van der Waals surface area (Å²) in [6.45, 7) is 7.30. The van der Waals surface area contributed by atoms with Gasteiger partial charge in [0.15, 0.2) is 18.3 Å². The zero-order chi connectivity index (χ0) is 18.0. The zero-order valence-corrected chi connectivity index (χ0v) is 14.2. The topological polar surface area (TPSA) is 110 Å². The Balaban J connectivity index is 2.40. The summed E-state index contributed by atoms with van der Waals surface area (Å²) in [7, 11) is 0. The van der Waals surface area contributed by atoms with Gasteiger partial charge in [0.05, 0.1) is 0 Å². The molecule has 2 bridgehead atoms. The van der Waals surface area contributed by atoms with E-state index in [0.29, 0.717) is 0 Å². The van der Waals surface area contributed by atoms with Gasteiger partial charge in [0, 0.05) is 26.8 Å². The van der Waals surface area contributed by atoms with Crippen LogP contribution < -0.4 is 0 Å². The molecule has 9 heteroatoms. The van der Waals surface area contributed by atoms with Crippen molar-refractivity contribution >= 4 is 23.8 Å². The van der Waals surface area contributed by atoms with E-state index in [1.54, 1.807) is 0 Å². The van der Waals surface area contributed by atoms with Crippen molar-refractivity contribution in [1.29, 1.82) is 0 Å². The summed E-state index contributed by atoms with van der Waals surface area (Å²) in [4.78, 5) is 38.6. The van der Waals surface area contributed by atoms with E-state index >= 15 is 0 Å². The molecule has 2 aliphatic heterocycles. The van der Waals surface area contributed by atoms with Crippen LogP contribution in [-0.4, -0.2) is 60.6 Å². The maximum Gasteiger partial charge on any atom is 0.303 e. The van der Waals surface area contributed by atoms with E-state index in [1.807, 2.05) is 13.8 Å². The van der Waals surface area contributed by atoms with Gasteiger partial charge in [-0.2, -0.15) is 0 Å². The Labute approximate surface area is 139 Å². The Morgan fingerprint density at radius 2 is 1.42 bits per heavy atom. The van der Waals surface area contributed by atoms with Crippen molar-refractivity contribution in [3.05, 3.63) is 0 Å². The monoisotopic (exact) mass is 343 g/mol. The number of nitrogens with zero attached hydrogens (tertiary/aromatic N) is 1. The first-order valence-corrected chi connectivity index (χ1v) is 7.60. The van der Waals surface area contributed by atoms with Crippen molar-refractivity contribution in [2.75, 3.05) is 0 Å². The highest BCUT2D eigenvalue weighted by Crippen LogP contribution is 2.35. The summed E-state index contributed by atoms with van der Waals surface area (Å²) in [5.74, 6) is -1.61. The van der Waals surface area contributed by atoms with Crippen LogP contribution in [0.4, 0.5) is 0 Å². The standard InChI is InChI=1S/C15H21NO8/c1-6(2)16-14-12-10(20-7(3)17)11(21-8(4)18)13(22-9(5)19)15(23-12)24-14/h6,10-13,15H,1-5H3/t10-,11-,12-,13+,15-/m0/s1. The number of hydrogen-bond donors (Lipinski definition) is 0. The maximum absolute atomic E-state index is 11.5. The molecule has 2 heterocycles. The first-order valence-electron chi connectivity index (χ1n) is 7.60. The predicted molar refractivity (Wildman–Crippen MR) is 79.0 cm³/mol. The van der Waals surface area contributed by atoms with E-state index in [2.05, 4.69) is 4.99 Å². The van der Waals surface area contributed by atoms with Gasteiger partial charge in [-0.25, -0.2) is 0 Å². The highest BCUT2D eigenvalue weighted by Gasteiger charge is 2.59. The normalized spacial score (nSPS) is 33.1. The third kappa shape index (κ3) is 4.02. The second kappa shape index (κ2) is 7.16. The second-order valence-electron chi connectivity index (χ2n) is 5.83. The molecule has 2 saturated heterocycles. The van der Waals surface area contributed by atoms with Crippen molar-refractivity contribution < 1.29 is 38.1 Å². The number of fused-ring (bicyclic) bond motifs is 2. The number of ether oxygens (including phenoxy) is 5. The molecule has 2 rings (SSSR count). The summed E-state index contributed by atoms with van der Waals surface area (Å²) in [5, 5.41) is 0. The van der Waals surface area contributed by atoms with Gasteiger partial charge in [-0.3, -0.25) is 19.4 Å². The molecule has 0 aromatic heterocycles. The summed E-state index contributed by atoms with van der Waals surface area (Å²) in [6, 6.07) is -0.0970. The molecule has 0 unspecified atom stereocenters. The van der Waals surface area contributed by atoms with E-state index in [0.717, 1.165) is 0 Å². The first kappa shape index (κ1) is 18.2. The van der Waals surface area contributed by atoms with Gasteiger partial charge in [-0.15, -0.1) is 0 Å². The van der Waals surface area contributed by atoms with Crippen LogP contribution in [0.5, 0.6) is 0 Å².